The SMILES string of the molecule is C=C1/C=C\C=C/CC2(C3=C(C=CCC=C3)N1/C(C)=C/C=C\CC)c1ccccc1-c1ccc(P(c3ccccc3)c3ccccc3)cc12.CC.CC. The molecule has 0 aromatic heterocycles. The van der Waals surface area contributed by atoms with E-state index in [0.717, 1.165) is 30.7 Å². The van der Waals surface area contributed by atoms with Gasteiger partial charge in [-0.2, -0.15) is 0 Å². The molecule has 7 rings (SSSR count). The van der Waals surface area contributed by atoms with Crippen LogP contribution in [0.15, 0.2) is 199 Å². The van der Waals surface area contributed by atoms with Gasteiger partial charge in [0, 0.05) is 17.1 Å². The van der Waals surface area contributed by atoms with Crippen molar-refractivity contribution < 1.29 is 0 Å². The first kappa shape index (κ1) is 38.3. The molecule has 1 atom stereocenters. The molecule has 0 fully saturated rings. The van der Waals surface area contributed by atoms with Gasteiger partial charge in [-0.1, -0.05) is 187 Å². The highest BCUT2D eigenvalue weighted by Gasteiger charge is 2.46. The summed E-state index contributed by atoms with van der Waals surface area (Å²) in [4.78, 5) is 2.35. The van der Waals surface area contributed by atoms with Gasteiger partial charge in [0.2, 0.25) is 0 Å². The minimum Gasteiger partial charge on any atom is -0.315 e. The molecule has 1 aliphatic heterocycles. The first-order valence-electron chi connectivity index (χ1n) is 19.0. The van der Waals surface area contributed by atoms with Gasteiger partial charge >= 0.3 is 0 Å². The van der Waals surface area contributed by atoms with E-state index in [1.54, 1.807) is 0 Å². The maximum atomic E-state index is 4.60. The average Bonchev–Trinajstić information content (AvgIpc) is 3.29. The number of allylic oxidation sites excluding steroid dienone is 13. The van der Waals surface area contributed by atoms with Crippen LogP contribution in [0.1, 0.15) is 71.9 Å². The molecule has 0 radical (unpaired) electrons. The van der Waals surface area contributed by atoms with E-state index in [4.69, 9.17) is 0 Å². The van der Waals surface area contributed by atoms with E-state index in [1.165, 1.54) is 49.4 Å². The van der Waals surface area contributed by atoms with Crippen LogP contribution in [0.3, 0.4) is 0 Å². The Morgan fingerprint density at radius 1 is 0.712 bits per heavy atom. The summed E-state index contributed by atoms with van der Waals surface area (Å²) in [5.41, 5.74) is 9.53. The summed E-state index contributed by atoms with van der Waals surface area (Å²) < 4.78 is 0. The molecular weight excluding hydrogens is 646 g/mol. The summed E-state index contributed by atoms with van der Waals surface area (Å²) in [5.74, 6) is 0. The topological polar surface area (TPSA) is 3.24 Å². The number of hydrogen-bond donors (Lipinski definition) is 0. The molecule has 0 amide bonds. The third-order valence-electron chi connectivity index (χ3n) is 9.54. The van der Waals surface area contributed by atoms with Crippen molar-refractivity contribution >= 4 is 23.8 Å². The highest BCUT2D eigenvalue weighted by molar-refractivity contribution is 7.79. The minimum absolute atomic E-state index is 0.406. The fraction of sp³-hybridized carbons (Fsp3) is 0.200. The van der Waals surface area contributed by atoms with Crippen molar-refractivity contribution in [2.24, 2.45) is 0 Å². The van der Waals surface area contributed by atoms with E-state index in [1.807, 2.05) is 27.7 Å². The lowest BCUT2D eigenvalue weighted by atomic mass is 9.68. The minimum atomic E-state index is -0.766. The van der Waals surface area contributed by atoms with Gasteiger partial charge < -0.3 is 4.90 Å². The van der Waals surface area contributed by atoms with E-state index >= 15 is 0 Å². The lowest BCUT2D eigenvalue weighted by molar-refractivity contribution is 0.531. The number of fused-ring (bicyclic) bond motifs is 6. The summed E-state index contributed by atoms with van der Waals surface area (Å²) >= 11 is 0. The molecule has 4 aromatic carbocycles. The normalized spacial score (nSPS) is 18.9. The highest BCUT2D eigenvalue weighted by atomic mass is 31.1. The van der Waals surface area contributed by atoms with Crippen molar-refractivity contribution in [2.75, 3.05) is 0 Å². The fourth-order valence-corrected chi connectivity index (χ4v) is 9.76. The standard InChI is InChI=1S/C46H42NP.2C2H6/c1-4-5-10-21-35(2)47-36(3)22-11-9-20-33-46(43-29-16-8-17-30-45(43)47)42-28-19-18-27-40(42)41-32-31-39(34-44(41)46)48(37-23-12-6-13-24-37)38-25-14-7-15-26-38;2*1-2/h5-7,9-32,34H,3-4,8,33H2,1-2H3;2*1-2H3/b10-5-,20-9-,22-11-,35-21+;;. The molecule has 1 nitrogen and oxygen atoms in total. The maximum Gasteiger partial charge on any atom is 0.0518 e. The summed E-state index contributed by atoms with van der Waals surface area (Å²) in [5, 5.41) is 4.09. The number of benzene rings is 4. The summed E-state index contributed by atoms with van der Waals surface area (Å²) in [6, 6.07) is 38.5. The van der Waals surface area contributed by atoms with Crippen LogP contribution in [0.25, 0.3) is 11.1 Å². The fourth-order valence-electron chi connectivity index (χ4n) is 7.44. The van der Waals surface area contributed by atoms with Gasteiger partial charge in [0.05, 0.1) is 5.41 Å². The molecule has 0 saturated carbocycles. The zero-order chi connectivity index (χ0) is 36.9. The van der Waals surface area contributed by atoms with Gasteiger partial charge in [-0.3, -0.25) is 0 Å². The first-order valence-corrected chi connectivity index (χ1v) is 20.4. The molecule has 264 valence electrons. The van der Waals surface area contributed by atoms with Gasteiger partial charge in [0.15, 0.2) is 0 Å². The number of hydrogen-bond acceptors (Lipinski definition) is 1. The second-order valence-corrected chi connectivity index (χ2v) is 14.7. The van der Waals surface area contributed by atoms with Crippen LogP contribution < -0.4 is 15.9 Å². The summed E-state index contributed by atoms with van der Waals surface area (Å²) in [7, 11) is -0.766. The van der Waals surface area contributed by atoms with Crippen LogP contribution in [0.4, 0.5) is 0 Å². The quantitative estimate of drug-likeness (QED) is 0.143. The van der Waals surface area contributed by atoms with E-state index in [9.17, 15) is 0 Å². The van der Waals surface area contributed by atoms with Crippen molar-refractivity contribution in [3.05, 3.63) is 210 Å². The smallest absolute Gasteiger partial charge is 0.0518 e. The maximum absolute atomic E-state index is 4.60. The Bertz CT molecular complexity index is 2000. The van der Waals surface area contributed by atoms with Crippen molar-refractivity contribution in [2.45, 2.75) is 66.2 Å². The number of rotatable bonds is 6. The molecule has 52 heavy (non-hydrogen) atoms. The molecule has 2 aliphatic carbocycles. The zero-order valence-corrected chi connectivity index (χ0v) is 32.8. The van der Waals surface area contributed by atoms with Crippen LogP contribution >= 0.6 is 7.92 Å². The second-order valence-electron chi connectivity index (χ2n) is 12.5. The molecule has 1 heterocycles. The summed E-state index contributed by atoms with van der Waals surface area (Å²) in [6.45, 7) is 17.0. The van der Waals surface area contributed by atoms with Crippen LogP contribution in [0, 0.1) is 0 Å². The van der Waals surface area contributed by atoms with Crippen LogP contribution in [0.2, 0.25) is 0 Å². The van der Waals surface area contributed by atoms with E-state index in [-0.39, 0.29) is 0 Å². The molecule has 3 aliphatic rings. The van der Waals surface area contributed by atoms with E-state index in [2.05, 4.69) is 195 Å². The lowest BCUT2D eigenvalue weighted by Gasteiger charge is -2.38. The van der Waals surface area contributed by atoms with Gasteiger partial charge in [-0.05, 0) is 102 Å². The van der Waals surface area contributed by atoms with Crippen LogP contribution in [-0.2, 0) is 5.41 Å². The van der Waals surface area contributed by atoms with Crippen LogP contribution in [0.5, 0.6) is 0 Å². The molecule has 2 heteroatoms. The van der Waals surface area contributed by atoms with E-state index < -0.39 is 13.3 Å². The Morgan fingerprint density at radius 2 is 1.35 bits per heavy atom. The highest BCUT2D eigenvalue weighted by Crippen LogP contribution is 2.57. The van der Waals surface area contributed by atoms with E-state index in [0.29, 0.717) is 0 Å². The molecular formula is C50H54NP. The molecule has 0 saturated heterocycles. The van der Waals surface area contributed by atoms with Crippen molar-refractivity contribution in [3.63, 3.8) is 0 Å². The van der Waals surface area contributed by atoms with Crippen molar-refractivity contribution in [1.82, 2.24) is 4.90 Å². The Labute approximate surface area is 315 Å². The number of nitrogens with zero attached hydrogens (tertiary/aromatic N) is 1. The third kappa shape index (κ3) is 7.62. The Morgan fingerprint density at radius 3 is 2.04 bits per heavy atom. The predicted octanol–water partition coefficient (Wildman–Crippen LogP) is 12.7. The van der Waals surface area contributed by atoms with Gasteiger partial charge in [-0.15, -0.1) is 0 Å². The first-order chi connectivity index (χ1) is 25.6. The Kier molecular flexibility index (Phi) is 13.6. The Hall–Kier alpha value is -4.97. The molecule has 1 unspecified atom stereocenters. The lowest BCUT2D eigenvalue weighted by Crippen LogP contribution is -2.32. The zero-order valence-electron chi connectivity index (χ0n) is 31.9. The molecule has 0 N–H and O–H groups in total. The van der Waals surface area contributed by atoms with Gasteiger partial charge in [0.1, 0.15) is 0 Å². The largest absolute Gasteiger partial charge is 0.315 e. The second kappa shape index (κ2) is 18.5. The Balaban J connectivity index is 0.00000126. The molecule has 4 aromatic rings. The molecule has 1 spiro atoms. The van der Waals surface area contributed by atoms with Gasteiger partial charge in [0.25, 0.3) is 0 Å². The average molecular weight is 700 g/mol. The third-order valence-corrected chi connectivity index (χ3v) is 12.0. The summed E-state index contributed by atoms with van der Waals surface area (Å²) in [6.07, 6.45) is 27.5. The van der Waals surface area contributed by atoms with Gasteiger partial charge in [-0.25, -0.2) is 0 Å². The molecule has 0 bridgehead atoms. The van der Waals surface area contributed by atoms with Crippen molar-refractivity contribution in [3.8, 4) is 11.1 Å². The predicted molar refractivity (Wildman–Crippen MR) is 231 cm³/mol. The monoisotopic (exact) mass is 699 g/mol. The van der Waals surface area contributed by atoms with Crippen LogP contribution in [-0.4, -0.2) is 4.90 Å². The van der Waals surface area contributed by atoms with Crippen molar-refractivity contribution in [1.29, 1.82) is 0 Å².